The molecule has 2 aromatic heterocycles. The third-order valence-corrected chi connectivity index (χ3v) is 2.62. The molecule has 0 fully saturated rings. The van der Waals surface area contributed by atoms with Gasteiger partial charge in [-0.05, 0) is 26.0 Å². The van der Waals surface area contributed by atoms with Crippen LogP contribution >= 0.6 is 12.6 Å². The van der Waals surface area contributed by atoms with Crippen molar-refractivity contribution in [1.29, 1.82) is 0 Å². The maximum Gasteiger partial charge on any atom is 0.178 e. The Bertz CT molecular complexity index is 488. The van der Waals surface area contributed by atoms with Gasteiger partial charge in [-0.15, -0.1) is 17.7 Å². The summed E-state index contributed by atoms with van der Waals surface area (Å²) >= 11 is 4.25. The van der Waals surface area contributed by atoms with Gasteiger partial charge in [0, 0.05) is 0 Å². The molecule has 0 aliphatic heterocycles. The average Bonchev–Trinajstić information content (AvgIpc) is 2.47. The second-order valence-electron chi connectivity index (χ2n) is 3.26. The summed E-state index contributed by atoms with van der Waals surface area (Å²) in [6, 6.07) is 3.68. The van der Waals surface area contributed by atoms with Crippen molar-refractivity contribution >= 4 is 18.4 Å². The van der Waals surface area contributed by atoms with E-state index in [0.717, 1.165) is 11.4 Å². The molecule has 2 rings (SSSR count). The molecule has 0 atom stereocenters. The smallest absolute Gasteiger partial charge is 0.178 e. The lowest BCUT2D eigenvalue weighted by Crippen LogP contribution is -2.05. The van der Waals surface area contributed by atoms with Crippen LogP contribution < -0.4 is 5.73 Å². The highest BCUT2D eigenvalue weighted by atomic mass is 32.1. The fourth-order valence-electron chi connectivity index (χ4n) is 1.22. The van der Waals surface area contributed by atoms with Crippen molar-refractivity contribution in [3.05, 3.63) is 23.5 Å². The normalized spacial score (nSPS) is 10.6. The number of thiol groups is 1. The predicted molar refractivity (Wildman–Crippen MR) is 60.3 cm³/mol. The summed E-state index contributed by atoms with van der Waals surface area (Å²) in [7, 11) is 0. The van der Waals surface area contributed by atoms with Crippen molar-refractivity contribution in [1.82, 2.24) is 20.0 Å². The van der Waals surface area contributed by atoms with Gasteiger partial charge >= 0.3 is 0 Å². The quantitative estimate of drug-likeness (QED) is 0.709. The van der Waals surface area contributed by atoms with Gasteiger partial charge in [0.25, 0.3) is 0 Å². The molecular formula is C9H11N5S. The first-order valence-electron chi connectivity index (χ1n) is 4.44. The van der Waals surface area contributed by atoms with Gasteiger partial charge in [-0.2, -0.15) is 14.9 Å². The minimum atomic E-state index is 0.481. The monoisotopic (exact) mass is 221 g/mol. The van der Waals surface area contributed by atoms with Crippen molar-refractivity contribution in [2.24, 2.45) is 0 Å². The molecule has 0 bridgehead atoms. The van der Waals surface area contributed by atoms with E-state index in [1.807, 2.05) is 26.0 Å². The van der Waals surface area contributed by atoms with Crippen LogP contribution in [0.1, 0.15) is 11.4 Å². The first-order valence-corrected chi connectivity index (χ1v) is 4.89. The van der Waals surface area contributed by atoms with Crippen LogP contribution in [0.25, 0.3) is 5.82 Å². The Morgan fingerprint density at radius 2 is 2.00 bits per heavy atom. The Kier molecular flexibility index (Phi) is 2.36. The van der Waals surface area contributed by atoms with Crippen LogP contribution in [-0.2, 0) is 0 Å². The minimum absolute atomic E-state index is 0.481. The van der Waals surface area contributed by atoms with Crippen molar-refractivity contribution in [2.75, 3.05) is 5.73 Å². The zero-order valence-electron chi connectivity index (χ0n) is 8.47. The molecule has 0 aliphatic carbocycles. The Morgan fingerprint density at radius 1 is 1.27 bits per heavy atom. The summed E-state index contributed by atoms with van der Waals surface area (Å²) in [5, 5.41) is 12.2. The maximum atomic E-state index is 5.83. The minimum Gasteiger partial charge on any atom is -0.383 e. The largest absolute Gasteiger partial charge is 0.383 e. The lowest BCUT2D eigenvalue weighted by Gasteiger charge is -2.01. The summed E-state index contributed by atoms with van der Waals surface area (Å²) in [6.07, 6.45) is 0. The second-order valence-corrected chi connectivity index (χ2v) is 3.71. The van der Waals surface area contributed by atoms with Gasteiger partial charge < -0.3 is 5.73 Å². The van der Waals surface area contributed by atoms with E-state index < -0.39 is 0 Å². The van der Waals surface area contributed by atoms with E-state index in [9.17, 15) is 0 Å². The fourth-order valence-corrected chi connectivity index (χ4v) is 1.36. The summed E-state index contributed by atoms with van der Waals surface area (Å²) in [5.41, 5.74) is 7.46. The molecule has 0 aliphatic rings. The van der Waals surface area contributed by atoms with Gasteiger partial charge in [-0.3, -0.25) is 0 Å². The highest BCUT2D eigenvalue weighted by Gasteiger charge is 2.11. The van der Waals surface area contributed by atoms with Gasteiger partial charge in [0.15, 0.2) is 5.82 Å². The lowest BCUT2D eigenvalue weighted by molar-refractivity contribution is 0.804. The number of nitrogen functional groups attached to an aromatic ring is 1. The standard InChI is InChI=1S/C9H11N5S/c1-5-3-4-7(12-11-5)14-9(10)8(15)6(2)13-14/h3-4,15H,10H2,1-2H3. The highest BCUT2D eigenvalue weighted by molar-refractivity contribution is 7.80. The Morgan fingerprint density at radius 3 is 2.47 bits per heavy atom. The zero-order valence-corrected chi connectivity index (χ0v) is 9.36. The van der Waals surface area contributed by atoms with Gasteiger partial charge in [-0.25, -0.2) is 0 Å². The maximum absolute atomic E-state index is 5.83. The van der Waals surface area contributed by atoms with Gasteiger partial charge in [-0.1, -0.05) is 0 Å². The molecule has 0 saturated carbocycles. The summed E-state index contributed by atoms with van der Waals surface area (Å²) in [5.74, 6) is 1.08. The number of hydrogen-bond donors (Lipinski definition) is 2. The molecule has 78 valence electrons. The highest BCUT2D eigenvalue weighted by Crippen LogP contribution is 2.22. The molecule has 2 aromatic rings. The van der Waals surface area contributed by atoms with E-state index in [4.69, 9.17) is 5.73 Å². The van der Waals surface area contributed by atoms with Crippen LogP contribution in [0.3, 0.4) is 0 Å². The number of nitrogens with zero attached hydrogens (tertiary/aromatic N) is 4. The van der Waals surface area contributed by atoms with E-state index in [1.54, 1.807) is 0 Å². The van der Waals surface area contributed by atoms with Gasteiger partial charge in [0.2, 0.25) is 0 Å². The molecule has 0 radical (unpaired) electrons. The number of rotatable bonds is 1. The number of anilines is 1. The molecule has 0 spiro atoms. The SMILES string of the molecule is Cc1ccc(-n2nc(C)c(S)c2N)nn1. The Balaban J connectivity index is 2.54. The molecule has 0 aromatic carbocycles. The molecular weight excluding hydrogens is 210 g/mol. The Labute approximate surface area is 92.7 Å². The molecule has 0 amide bonds. The molecule has 15 heavy (non-hydrogen) atoms. The van der Waals surface area contributed by atoms with E-state index >= 15 is 0 Å². The fraction of sp³-hybridized carbons (Fsp3) is 0.222. The van der Waals surface area contributed by atoms with Crippen molar-refractivity contribution in [3.63, 3.8) is 0 Å². The Hall–Kier alpha value is -1.56. The number of hydrogen-bond acceptors (Lipinski definition) is 5. The predicted octanol–water partition coefficient (Wildman–Crippen LogP) is 1.15. The third kappa shape index (κ3) is 1.68. The first-order chi connectivity index (χ1) is 7.09. The second kappa shape index (κ2) is 3.54. The van der Waals surface area contributed by atoms with Crippen LogP contribution in [0, 0.1) is 13.8 Å². The average molecular weight is 221 g/mol. The van der Waals surface area contributed by atoms with Crippen LogP contribution in [0.15, 0.2) is 17.0 Å². The van der Waals surface area contributed by atoms with Crippen molar-refractivity contribution in [3.8, 4) is 5.82 Å². The molecule has 0 unspecified atom stereocenters. The van der Waals surface area contributed by atoms with E-state index in [-0.39, 0.29) is 0 Å². The topological polar surface area (TPSA) is 69.6 Å². The van der Waals surface area contributed by atoms with Crippen molar-refractivity contribution in [2.45, 2.75) is 18.7 Å². The van der Waals surface area contributed by atoms with E-state index in [1.165, 1.54) is 4.68 Å². The van der Waals surface area contributed by atoms with Gasteiger partial charge in [0.05, 0.1) is 16.3 Å². The summed E-state index contributed by atoms with van der Waals surface area (Å²) in [4.78, 5) is 0.678. The van der Waals surface area contributed by atoms with Crippen LogP contribution in [0.5, 0.6) is 0 Å². The molecule has 2 N–H and O–H groups in total. The first kappa shape index (κ1) is 9.97. The summed E-state index contributed by atoms with van der Waals surface area (Å²) in [6.45, 7) is 3.72. The zero-order chi connectivity index (χ0) is 11.0. The molecule has 5 nitrogen and oxygen atoms in total. The molecule has 6 heteroatoms. The van der Waals surface area contributed by atoms with Crippen molar-refractivity contribution < 1.29 is 0 Å². The van der Waals surface area contributed by atoms with Crippen LogP contribution in [0.2, 0.25) is 0 Å². The van der Waals surface area contributed by atoms with Gasteiger partial charge in [0.1, 0.15) is 5.82 Å². The number of aromatic nitrogens is 4. The van der Waals surface area contributed by atoms with E-state index in [0.29, 0.717) is 16.5 Å². The number of aryl methyl sites for hydroxylation is 2. The lowest BCUT2D eigenvalue weighted by atomic mass is 10.4. The van der Waals surface area contributed by atoms with E-state index in [2.05, 4.69) is 27.9 Å². The third-order valence-electron chi connectivity index (χ3n) is 2.06. The number of nitrogens with two attached hydrogens (primary N) is 1. The van der Waals surface area contributed by atoms with Crippen LogP contribution in [0.4, 0.5) is 5.82 Å². The molecule has 2 heterocycles. The summed E-state index contributed by atoms with van der Waals surface area (Å²) < 4.78 is 1.53. The van der Waals surface area contributed by atoms with Crippen LogP contribution in [-0.4, -0.2) is 20.0 Å². The molecule has 0 saturated heterocycles.